The zero-order valence-electron chi connectivity index (χ0n) is 18.1. The molecule has 1 heterocycles. The summed E-state index contributed by atoms with van der Waals surface area (Å²) in [5.41, 5.74) is 6.65. The number of amidine groups is 1. The Balaban J connectivity index is 1.86. The molecular formula is C21H27N5O5S2. The molecule has 1 aliphatic rings. The number of carbonyl (C=O) groups excluding carboxylic acids is 1. The maximum atomic E-state index is 13.4. The maximum Gasteiger partial charge on any atom is 0.241 e. The number of nitrogens with one attached hydrogen (secondary N) is 2. The van der Waals surface area contributed by atoms with Gasteiger partial charge in [-0.1, -0.05) is 36.4 Å². The second kappa shape index (κ2) is 10.00. The largest absolute Gasteiger partial charge is 0.384 e. The smallest absolute Gasteiger partial charge is 0.241 e. The Morgan fingerprint density at radius 2 is 1.67 bits per heavy atom. The first-order valence-corrected chi connectivity index (χ1v) is 13.5. The van der Waals surface area contributed by atoms with E-state index in [0.29, 0.717) is 11.1 Å². The molecule has 3 rings (SSSR count). The van der Waals surface area contributed by atoms with Crippen LogP contribution in [-0.4, -0.2) is 76.3 Å². The van der Waals surface area contributed by atoms with Crippen molar-refractivity contribution < 1.29 is 21.6 Å². The van der Waals surface area contributed by atoms with Crippen molar-refractivity contribution in [1.29, 1.82) is 5.41 Å². The second-order valence-corrected chi connectivity index (χ2v) is 11.5. The highest BCUT2D eigenvalue weighted by Crippen LogP contribution is 2.15. The highest BCUT2D eigenvalue weighted by Gasteiger charge is 2.33. The molecule has 4 N–H and O–H groups in total. The molecule has 2 aromatic rings. The summed E-state index contributed by atoms with van der Waals surface area (Å²) in [5.74, 6) is -0.586. The molecule has 1 saturated heterocycles. The Morgan fingerprint density at radius 1 is 1.03 bits per heavy atom. The van der Waals surface area contributed by atoms with Crippen LogP contribution in [0, 0.1) is 5.41 Å². The predicted octanol–water partition coefficient (Wildman–Crippen LogP) is -0.0359. The van der Waals surface area contributed by atoms with Crippen molar-refractivity contribution >= 4 is 31.8 Å². The molecule has 0 aliphatic carbocycles. The van der Waals surface area contributed by atoms with E-state index in [4.69, 9.17) is 11.1 Å². The Labute approximate surface area is 194 Å². The van der Waals surface area contributed by atoms with E-state index < -0.39 is 32.0 Å². The molecule has 33 heavy (non-hydrogen) atoms. The fraction of sp³-hybridized carbons (Fsp3) is 0.333. The molecule has 2 aromatic carbocycles. The molecule has 1 fully saturated rings. The molecule has 1 amide bonds. The first-order valence-electron chi connectivity index (χ1n) is 10.2. The summed E-state index contributed by atoms with van der Waals surface area (Å²) in [6, 6.07) is 13.3. The Morgan fingerprint density at radius 3 is 2.24 bits per heavy atom. The lowest BCUT2D eigenvalue weighted by Crippen LogP contribution is -2.56. The van der Waals surface area contributed by atoms with Gasteiger partial charge in [0.2, 0.25) is 26.0 Å². The number of piperazine rings is 1. The Hall–Kier alpha value is -2.80. The molecule has 1 atom stereocenters. The van der Waals surface area contributed by atoms with Crippen LogP contribution in [0.4, 0.5) is 0 Å². The number of rotatable bonds is 8. The van der Waals surface area contributed by atoms with Gasteiger partial charge >= 0.3 is 0 Å². The molecule has 0 saturated carbocycles. The van der Waals surface area contributed by atoms with Crippen molar-refractivity contribution in [3.05, 3.63) is 65.7 Å². The Bertz CT molecular complexity index is 1220. The van der Waals surface area contributed by atoms with Crippen molar-refractivity contribution in [2.75, 3.05) is 32.4 Å². The number of nitrogen functional groups attached to an aromatic ring is 1. The molecule has 0 radical (unpaired) electrons. The van der Waals surface area contributed by atoms with E-state index in [1.165, 1.54) is 21.3 Å². The van der Waals surface area contributed by atoms with Gasteiger partial charge in [0.15, 0.2) is 0 Å². The van der Waals surface area contributed by atoms with Gasteiger partial charge in [0.05, 0.1) is 11.2 Å². The Kier molecular flexibility index (Phi) is 7.52. The monoisotopic (exact) mass is 493 g/mol. The number of sulfonamides is 2. The van der Waals surface area contributed by atoms with Crippen molar-refractivity contribution in [3.63, 3.8) is 0 Å². The van der Waals surface area contributed by atoms with Gasteiger partial charge in [-0.25, -0.2) is 16.8 Å². The van der Waals surface area contributed by atoms with E-state index in [1.54, 1.807) is 42.5 Å². The number of nitrogens with zero attached hydrogens (tertiary/aromatic N) is 2. The van der Waals surface area contributed by atoms with Gasteiger partial charge in [-0.3, -0.25) is 10.2 Å². The van der Waals surface area contributed by atoms with Gasteiger partial charge in [-0.2, -0.15) is 9.03 Å². The van der Waals surface area contributed by atoms with Crippen LogP contribution in [0.5, 0.6) is 0 Å². The van der Waals surface area contributed by atoms with Crippen LogP contribution in [-0.2, 0) is 31.3 Å². The molecule has 1 unspecified atom stereocenters. The molecule has 0 spiro atoms. The lowest BCUT2D eigenvalue weighted by atomic mass is 10.0. The molecule has 0 bridgehead atoms. The van der Waals surface area contributed by atoms with Crippen LogP contribution in [0.15, 0.2) is 59.5 Å². The summed E-state index contributed by atoms with van der Waals surface area (Å²) in [4.78, 5) is 14.8. The van der Waals surface area contributed by atoms with Crippen LogP contribution in [0.3, 0.4) is 0 Å². The fourth-order valence-corrected chi connectivity index (χ4v) is 5.63. The number of carbonyl (C=O) groups is 1. The minimum absolute atomic E-state index is 0.0298. The lowest BCUT2D eigenvalue weighted by molar-refractivity contribution is -0.134. The van der Waals surface area contributed by atoms with E-state index in [0.717, 1.165) is 6.26 Å². The number of hydrogen-bond donors (Lipinski definition) is 3. The van der Waals surface area contributed by atoms with Crippen LogP contribution >= 0.6 is 0 Å². The quantitative estimate of drug-likeness (QED) is 0.346. The fourth-order valence-electron chi connectivity index (χ4n) is 3.60. The van der Waals surface area contributed by atoms with E-state index in [1.807, 2.05) is 0 Å². The second-order valence-electron chi connectivity index (χ2n) is 7.79. The third kappa shape index (κ3) is 6.38. The first-order chi connectivity index (χ1) is 15.5. The molecule has 10 nitrogen and oxygen atoms in total. The van der Waals surface area contributed by atoms with Crippen LogP contribution < -0.4 is 10.5 Å². The summed E-state index contributed by atoms with van der Waals surface area (Å²) >= 11 is 0. The van der Waals surface area contributed by atoms with Gasteiger partial charge in [0, 0.05) is 31.7 Å². The van der Waals surface area contributed by atoms with Gasteiger partial charge in [-0.15, -0.1) is 0 Å². The van der Waals surface area contributed by atoms with Gasteiger partial charge in [0.25, 0.3) is 0 Å². The van der Waals surface area contributed by atoms with E-state index in [2.05, 4.69) is 4.72 Å². The van der Waals surface area contributed by atoms with Gasteiger partial charge < -0.3 is 10.6 Å². The summed E-state index contributed by atoms with van der Waals surface area (Å²) in [7, 11) is -7.36. The average molecular weight is 494 g/mol. The summed E-state index contributed by atoms with van der Waals surface area (Å²) in [6.07, 6.45) is 1.15. The molecule has 0 aromatic heterocycles. The highest BCUT2D eigenvalue weighted by molar-refractivity contribution is 7.89. The number of hydrogen-bond acceptors (Lipinski definition) is 6. The normalized spacial score (nSPS) is 16.3. The van der Waals surface area contributed by atoms with Gasteiger partial charge in [0.1, 0.15) is 11.9 Å². The predicted molar refractivity (Wildman–Crippen MR) is 125 cm³/mol. The van der Waals surface area contributed by atoms with E-state index in [9.17, 15) is 21.6 Å². The average Bonchev–Trinajstić information content (AvgIpc) is 2.78. The van der Waals surface area contributed by atoms with E-state index >= 15 is 0 Å². The molecular weight excluding hydrogens is 466 g/mol. The van der Waals surface area contributed by atoms with Crippen molar-refractivity contribution in [2.24, 2.45) is 5.73 Å². The molecule has 178 valence electrons. The summed E-state index contributed by atoms with van der Waals surface area (Å²) in [6.45, 7) is 0.594. The molecule has 12 heteroatoms. The third-order valence-electron chi connectivity index (χ3n) is 5.35. The minimum atomic E-state index is -3.99. The van der Waals surface area contributed by atoms with E-state index in [-0.39, 0.29) is 43.3 Å². The number of nitrogens with two attached hydrogens (primary N) is 1. The highest BCUT2D eigenvalue weighted by atomic mass is 32.2. The zero-order valence-corrected chi connectivity index (χ0v) is 19.8. The first kappa shape index (κ1) is 24.8. The van der Waals surface area contributed by atoms with Crippen molar-refractivity contribution in [2.45, 2.75) is 17.4 Å². The lowest BCUT2D eigenvalue weighted by Gasteiger charge is -2.35. The van der Waals surface area contributed by atoms with Crippen LogP contribution in [0.1, 0.15) is 11.1 Å². The third-order valence-corrected chi connectivity index (χ3v) is 8.14. The van der Waals surface area contributed by atoms with Crippen LogP contribution in [0.25, 0.3) is 0 Å². The van der Waals surface area contributed by atoms with Crippen molar-refractivity contribution in [1.82, 2.24) is 13.9 Å². The SMILES string of the molecule is CS(=O)(=O)N1CCN(C(=O)C(Cc2cccc(C(=N)N)c2)NS(=O)(=O)c2ccccc2)CC1. The van der Waals surface area contributed by atoms with Crippen molar-refractivity contribution in [3.8, 4) is 0 Å². The minimum Gasteiger partial charge on any atom is -0.384 e. The zero-order chi connectivity index (χ0) is 24.2. The van der Waals surface area contributed by atoms with Gasteiger partial charge in [-0.05, 0) is 30.2 Å². The molecule has 1 aliphatic heterocycles. The summed E-state index contributed by atoms with van der Waals surface area (Å²) < 4.78 is 53.3. The number of amides is 1. The standard InChI is InChI=1S/C21H27N5O5S2/c1-32(28,29)26-12-10-25(11-13-26)21(27)19(15-16-6-5-7-17(14-16)20(22)23)24-33(30,31)18-8-3-2-4-9-18/h2-9,14,19,24H,10-13,15H2,1H3,(H3,22,23). The maximum absolute atomic E-state index is 13.4. The topological polar surface area (TPSA) is 154 Å². The van der Waals surface area contributed by atoms with Crippen LogP contribution in [0.2, 0.25) is 0 Å². The summed E-state index contributed by atoms with van der Waals surface area (Å²) in [5, 5.41) is 7.62. The number of benzene rings is 2.